The largest absolute Gasteiger partial charge is 0.483 e. The molecule has 21 heavy (non-hydrogen) atoms. The van der Waals surface area contributed by atoms with Gasteiger partial charge in [0.25, 0.3) is 5.91 Å². The van der Waals surface area contributed by atoms with Gasteiger partial charge in [0.05, 0.1) is 5.69 Å². The highest BCUT2D eigenvalue weighted by Crippen LogP contribution is 2.24. The molecule has 3 N–H and O–H groups in total. The molecular formula is C16H17BrN2O2. The van der Waals surface area contributed by atoms with Gasteiger partial charge in [0.15, 0.2) is 6.61 Å². The fourth-order valence-corrected chi connectivity index (χ4v) is 2.26. The molecule has 1 atom stereocenters. The van der Waals surface area contributed by atoms with Crippen LogP contribution < -0.4 is 15.8 Å². The maximum absolute atomic E-state index is 11.9. The number of halogens is 1. The number of hydrogen-bond acceptors (Lipinski definition) is 3. The standard InChI is InChI=1S/C16H17BrN2O2/c1-11(18)12-6-2-5-9-15(12)21-10-16(20)19-14-8-4-3-7-13(14)17/h2-9,11H,10,18H2,1H3,(H,19,20). The van der Waals surface area contributed by atoms with Crippen LogP contribution in [0, 0.1) is 0 Å². The predicted octanol–water partition coefficient (Wildman–Crippen LogP) is 3.49. The number of para-hydroxylation sites is 2. The molecule has 1 unspecified atom stereocenters. The third-order valence-corrected chi connectivity index (χ3v) is 3.61. The van der Waals surface area contributed by atoms with Crippen molar-refractivity contribution in [2.45, 2.75) is 13.0 Å². The van der Waals surface area contributed by atoms with E-state index < -0.39 is 0 Å². The lowest BCUT2D eigenvalue weighted by Gasteiger charge is -2.14. The Kier molecular flexibility index (Phi) is 5.36. The number of benzene rings is 2. The van der Waals surface area contributed by atoms with E-state index in [0.29, 0.717) is 11.4 Å². The van der Waals surface area contributed by atoms with E-state index in [1.54, 1.807) is 0 Å². The number of nitrogens with two attached hydrogens (primary N) is 1. The molecule has 2 aromatic rings. The first-order valence-corrected chi connectivity index (χ1v) is 7.39. The number of carbonyl (C=O) groups excluding carboxylic acids is 1. The lowest BCUT2D eigenvalue weighted by molar-refractivity contribution is -0.118. The van der Waals surface area contributed by atoms with Crippen LogP contribution in [0.2, 0.25) is 0 Å². The van der Waals surface area contributed by atoms with Crippen LogP contribution in [0.25, 0.3) is 0 Å². The second kappa shape index (κ2) is 7.24. The minimum atomic E-state index is -0.221. The minimum Gasteiger partial charge on any atom is -0.483 e. The van der Waals surface area contributed by atoms with Crippen molar-refractivity contribution in [3.05, 3.63) is 58.6 Å². The number of ether oxygens (including phenoxy) is 1. The molecule has 0 heterocycles. The molecule has 0 aliphatic carbocycles. The number of amides is 1. The van der Waals surface area contributed by atoms with E-state index in [2.05, 4.69) is 21.2 Å². The van der Waals surface area contributed by atoms with Gasteiger partial charge in [0.2, 0.25) is 0 Å². The first-order valence-electron chi connectivity index (χ1n) is 6.59. The van der Waals surface area contributed by atoms with E-state index in [1.807, 2.05) is 55.5 Å². The summed E-state index contributed by atoms with van der Waals surface area (Å²) < 4.78 is 6.39. The molecule has 0 aromatic heterocycles. The predicted molar refractivity (Wildman–Crippen MR) is 87.3 cm³/mol. The van der Waals surface area contributed by atoms with Gasteiger partial charge >= 0.3 is 0 Å². The highest BCUT2D eigenvalue weighted by atomic mass is 79.9. The van der Waals surface area contributed by atoms with Crippen molar-refractivity contribution in [2.75, 3.05) is 11.9 Å². The quantitative estimate of drug-likeness (QED) is 0.869. The smallest absolute Gasteiger partial charge is 0.262 e. The van der Waals surface area contributed by atoms with Crippen LogP contribution in [0.3, 0.4) is 0 Å². The zero-order valence-electron chi connectivity index (χ0n) is 11.7. The van der Waals surface area contributed by atoms with Gasteiger partial charge in [-0.25, -0.2) is 0 Å². The molecule has 2 rings (SSSR count). The summed E-state index contributed by atoms with van der Waals surface area (Å²) in [7, 11) is 0. The Morgan fingerprint density at radius 1 is 1.24 bits per heavy atom. The first-order chi connectivity index (χ1) is 10.1. The molecule has 0 aliphatic rings. The van der Waals surface area contributed by atoms with Gasteiger partial charge < -0.3 is 15.8 Å². The third kappa shape index (κ3) is 4.31. The highest BCUT2D eigenvalue weighted by Gasteiger charge is 2.10. The van der Waals surface area contributed by atoms with E-state index in [0.717, 1.165) is 10.0 Å². The van der Waals surface area contributed by atoms with Crippen molar-refractivity contribution in [2.24, 2.45) is 5.73 Å². The second-order valence-electron chi connectivity index (χ2n) is 4.64. The summed E-state index contributed by atoms with van der Waals surface area (Å²) in [5.41, 5.74) is 7.47. The van der Waals surface area contributed by atoms with Crippen molar-refractivity contribution in [1.29, 1.82) is 0 Å². The maximum Gasteiger partial charge on any atom is 0.262 e. The van der Waals surface area contributed by atoms with E-state index in [1.165, 1.54) is 0 Å². The number of rotatable bonds is 5. The Labute approximate surface area is 132 Å². The molecule has 0 radical (unpaired) electrons. The van der Waals surface area contributed by atoms with Crippen molar-refractivity contribution in [3.8, 4) is 5.75 Å². The molecule has 0 aliphatic heterocycles. The van der Waals surface area contributed by atoms with Crippen LogP contribution in [0.1, 0.15) is 18.5 Å². The monoisotopic (exact) mass is 348 g/mol. The Morgan fingerprint density at radius 3 is 2.62 bits per heavy atom. The van der Waals surface area contributed by atoms with E-state index >= 15 is 0 Å². The molecule has 110 valence electrons. The van der Waals surface area contributed by atoms with Crippen LogP contribution in [-0.4, -0.2) is 12.5 Å². The molecular weight excluding hydrogens is 332 g/mol. The second-order valence-corrected chi connectivity index (χ2v) is 5.50. The molecule has 4 nitrogen and oxygen atoms in total. The zero-order valence-corrected chi connectivity index (χ0v) is 13.3. The molecule has 0 bridgehead atoms. The summed E-state index contributed by atoms with van der Waals surface area (Å²) in [6.45, 7) is 1.81. The lowest BCUT2D eigenvalue weighted by Crippen LogP contribution is -2.21. The molecule has 1 amide bonds. The molecule has 0 saturated carbocycles. The van der Waals surface area contributed by atoms with Gasteiger partial charge in [-0.2, -0.15) is 0 Å². The molecule has 5 heteroatoms. The molecule has 2 aromatic carbocycles. The van der Waals surface area contributed by atoms with Gasteiger partial charge in [-0.1, -0.05) is 30.3 Å². The summed E-state index contributed by atoms with van der Waals surface area (Å²) in [4.78, 5) is 11.9. The topological polar surface area (TPSA) is 64.3 Å². The summed E-state index contributed by atoms with van der Waals surface area (Å²) >= 11 is 3.38. The Morgan fingerprint density at radius 2 is 1.90 bits per heavy atom. The van der Waals surface area contributed by atoms with Gasteiger partial charge in [-0.05, 0) is 41.1 Å². The zero-order chi connectivity index (χ0) is 15.2. The van der Waals surface area contributed by atoms with Crippen molar-refractivity contribution in [1.82, 2.24) is 0 Å². The fraction of sp³-hybridized carbons (Fsp3) is 0.188. The van der Waals surface area contributed by atoms with Crippen molar-refractivity contribution < 1.29 is 9.53 Å². The number of anilines is 1. The summed E-state index contributed by atoms with van der Waals surface area (Å²) in [5, 5.41) is 2.79. The average Bonchev–Trinajstić information content (AvgIpc) is 2.48. The number of hydrogen-bond donors (Lipinski definition) is 2. The summed E-state index contributed by atoms with van der Waals surface area (Å²) in [6.07, 6.45) is 0. The SMILES string of the molecule is CC(N)c1ccccc1OCC(=O)Nc1ccccc1Br. The molecule has 0 spiro atoms. The van der Waals surface area contributed by atoms with Crippen LogP contribution in [0.4, 0.5) is 5.69 Å². The minimum absolute atomic E-state index is 0.0644. The molecule has 0 fully saturated rings. The summed E-state index contributed by atoms with van der Waals surface area (Å²) in [5.74, 6) is 0.413. The van der Waals surface area contributed by atoms with Crippen molar-refractivity contribution >= 4 is 27.5 Å². The van der Waals surface area contributed by atoms with Crippen molar-refractivity contribution in [3.63, 3.8) is 0 Å². The number of carbonyl (C=O) groups is 1. The maximum atomic E-state index is 11.9. The van der Waals surface area contributed by atoms with Gasteiger partial charge in [0, 0.05) is 16.1 Å². The highest BCUT2D eigenvalue weighted by molar-refractivity contribution is 9.10. The first kappa shape index (κ1) is 15.5. The van der Waals surface area contributed by atoms with Gasteiger partial charge in [-0.3, -0.25) is 4.79 Å². The lowest BCUT2D eigenvalue weighted by atomic mass is 10.1. The Balaban J connectivity index is 1.97. The third-order valence-electron chi connectivity index (χ3n) is 2.92. The fourth-order valence-electron chi connectivity index (χ4n) is 1.88. The Bertz CT molecular complexity index is 629. The van der Waals surface area contributed by atoms with Crippen LogP contribution in [0.15, 0.2) is 53.0 Å². The normalized spacial score (nSPS) is 11.8. The van der Waals surface area contributed by atoms with Gasteiger partial charge in [-0.15, -0.1) is 0 Å². The number of nitrogens with one attached hydrogen (secondary N) is 1. The van der Waals surface area contributed by atoms with E-state index in [4.69, 9.17) is 10.5 Å². The van der Waals surface area contributed by atoms with Gasteiger partial charge in [0.1, 0.15) is 5.75 Å². The van der Waals surface area contributed by atoms with E-state index in [9.17, 15) is 4.79 Å². The average molecular weight is 349 g/mol. The van der Waals surface area contributed by atoms with Crippen LogP contribution in [0.5, 0.6) is 5.75 Å². The summed E-state index contributed by atoms with van der Waals surface area (Å²) in [6, 6.07) is 14.7. The van der Waals surface area contributed by atoms with Crippen LogP contribution in [-0.2, 0) is 4.79 Å². The Hall–Kier alpha value is -1.85. The van der Waals surface area contributed by atoms with E-state index in [-0.39, 0.29) is 18.6 Å². The van der Waals surface area contributed by atoms with Crippen LogP contribution >= 0.6 is 15.9 Å². The molecule has 0 saturated heterocycles.